The first-order valence-electron chi connectivity index (χ1n) is 7.35. The minimum atomic E-state index is -3.64. The molecule has 0 aromatic heterocycles. The third-order valence-corrected chi connectivity index (χ3v) is 5.67. The van der Waals surface area contributed by atoms with Gasteiger partial charge in [-0.1, -0.05) is 0 Å². The number of hydrogen-bond acceptors (Lipinski definition) is 10. The molecule has 0 saturated carbocycles. The van der Waals surface area contributed by atoms with Crippen molar-refractivity contribution in [1.29, 1.82) is 0 Å². The number of ether oxygens (including phenoxy) is 2. The van der Waals surface area contributed by atoms with Crippen LogP contribution >= 0.6 is 15.2 Å². The molecule has 0 N–H and O–H groups in total. The third-order valence-electron chi connectivity index (χ3n) is 2.18. The molecule has 10 nitrogen and oxygen atoms in total. The molecule has 0 saturated heterocycles. The van der Waals surface area contributed by atoms with Gasteiger partial charge >= 0.3 is 27.1 Å². The van der Waals surface area contributed by atoms with Crippen LogP contribution in [0.15, 0.2) is 0 Å². The van der Waals surface area contributed by atoms with Crippen molar-refractivity contribution < 1.29 is 46.3 Å². The van der Waals surface area contributed by atoms with E-state index in [4.69, 9.17) is 18.1 Å². The van der Waals surface area contributed by atoms with E-state index < -0.39 is 39.8 Å². The maximum atomic E-state index is 12.1. The van der Waals surface area contributed by atoms with Crippen molar-refractivity contribution in [2.75, 3.05) is 39.1 Å². The molecule has 0 unspecified atom stereocenters. The average Bonchev–Trinajstić information content (AvgIpc) is 2.51. The van der Waals surface area contributed by atoms with Gasteiger partial charge in [0.05, 0.1) is 26.4 Å². The summed E-state index contributed by atoms with van der Waals surface area (Å²) < 4.78 is 52.9. The molecule has 0 aromatic carbocycles. The molecule has 0 amide bonds. The van der Waals surface area contributed by atoms with E-state index in [2.05, 4.69) is 9.47 Å². The van der Waals surface area contributed by atoms with Crippen LogP contribution in [0.25, 0.3) is 0 Å². The Morgan fingerprint density at radius 3 is 1.08 bits per heavy atom. The molecule has 142 valence electrons. The summed E-state index contributed by atoms with van der Waals surface area (Å²) in [5.74, 6) is -2.84. The first kappa shape index (κ1) is 23.2. The van der Waals surface area contributed by atoms with Crippen molar-refractivity contribution in [1.82, 2.24) is 0 Å². The quantitative estimate of drug-likeness (QED) is 0.279. The predicted molar refractivity (Wildman–Crippen MR) is 83.6 cm³/mol. The van der Waals surface area contributed by atoms with E-state index in [-0.39, 0.29) is 26.4 Å². The molecule has 0 radical (unpaired) electrons. The lowest BCUT2D eigenvalue weighted by atomic mass is 10.7. The lowest BCUT2D eigenvalue weighted by Crippen LogP contribution is -2.22. The van der Waals surface area contributed by atoms with Gasteiger partial charge in [0.15, 0.2) is 12.7 Å². The molecule has 0 bridgehead atoms. The normalized spacial score (nSPS) is 12.0. The van der Waals surface area contributed by atoms with E-state index in [1.807, 2.05) is 0 Å². The van der Waals surface area contributed by atoms with E-state index in [9.17, 15) is 18.7 Å². The van der Waals surface area contributed by atoms with Crippen molar-refractivity contribution >= 4 is 27.1 Å². The Balaban J connectivity index is 4.53. The molecule has 0 aliphatic heterocycles. The molecular formula is C12H24O10P2. The molecule has 0 heterocycles. The molecule has 0 aliphatic carbocycles. The maximum Gasteiger partial charge on any atom is 0.418 e. The minimum Gasteiger partial charge on any atom is -0.444 e. The Morgan fingerprint density at radius 2 is 0.875 bits per heavy atom. The summed E-state index contributed by atoms with van der Waals surface area (Å²) in [4.78, 5) is 23.1. The Hall–Kier alpha value is -0.760. The van der Waals surface area contributed by atoms with Crippen LogP contribution in [-0.4, -0.2) is 51.1 Å². The SMILES string of the molecule is CCOP(=O)(COC(=O)C(=O)OCP(=O)(OCC)OCC)OCC. The molecule has 0 atom stereocenters. The second-order valence-corrected chi connectivity index (χ2v) is 8.01. The van der Waals surface area contributed by atoms with Gasteiger partial charge in [0.2, 0.25) is 0 Å². The van der Waals surface area contributed by atoms with E-state index in [1.54, 1.807) is 27.7 Å². The highest BCUT2D eigenvalue weighted by molar-refractivity contribution is 7.53. The van der Waals surface area contributed by atoms with Crippen LogP contribution in [0, 0.1) is 0 Å². The summed E-state index contributed by atoms with van der Waals surface area (Å²) in [6.45, 7) is 6.63. The van der Waals surface area contributed by atoms with Gasteiger partial charge in [0, 0.05) is 0 Å². The fraction of sp³-hybridized carbons (Fsp3) is 0.833. The van der Waals surface area contributed by atoms with Gasteiger partial charge in [-0.25, -0.2) is 9.59 Å². The van der Waals surface area contributed by atoms with Crippen molar-refractivity contribution in [3.63, 3.8) is 0 Å². The van der Waals surface area contributed by atoms with Crippen molar-refractivity contribution in [3.8, 4) is 0 Å². The Kier molecular flexibility index (Phi) is 11.4. The number of esters is 2. The van der Waals surface area contributed by atoms with Crippen molar-refractivity contribution in [2.24, 2.45) is 0 Å². The van der Waals surface area contributed by atoms with Crippen LogP contribution in [0.2, 0.25) is 0 Å². The highest BCUT2D eigenvalue weighted by Crippen LogP contribution is 2.48. The fourth-order valence-electron chi connectivity index (χ4n) is 1.40. The monoisotopic (exact) mass is 390 g/mol. The minimum absolute atomic E-state index is 0.0746. The lowest BCUT2D eigenvalue weighted by molar-refractivity contribution is -0.165. The number of carbonyl (C=O) groups excluding carboxylic acids is 2. The zero-order valence-electron chi connectivity index (χ0n) is 14.2. The van der Waals surface area contributed by atoms with Gasteiger partial charge in [-0.2, -0.15) is 0 Å². The topological polar surface area (TPSA) is 124 Å². The zero-order chi connectivity index (χ0) is 18.6. The number of rotatable bonds is 12. The highest BCUT2D eigenvalue weighted by Gasteiger charge is 2.31. The van der Waals surface area contributed by atoms with Crippen molar-refractivity contribution in [2.45, 2.75) is 27.7 Å². The van der Waals surface area contributed by atoms with Gasteiger partial charge in [0.25, 0.3) is 0 Å². The third kappa shape index (κ3) is 8.92. The van der Waals surface area contributed by atoms with E-state index >= 15 is 0 Å². The van der Waals surface area contributed by atoms with E-state index in [0.717, 1.165) is 0 Å². The second kappa shape index (κ2) is 11.7. The molecule has 0 fully saturated rings. The summed E-state index contributed by atoms with van der Waals surface area (Å²) in [5, 5.41) is 0. The van der Waals surface area contributed by atoms with Gasteiger partial charge in [0.1, 0.15) is 0 Å². The standard InChI is InChI=1S/C12H24O10P2/c1-5-19-23(15,20-6-2)9-17-11(13)12(14)18-10-24(16,21-7-3)22-8-4/h5-10H2,1-4H3. The summed E-state index contributed by atoms with van der Waals surface area (Å²) >= 11 is 0. The van der Waals surface area contributed by atoms with Crippen LogP contribution in [0.1, 0.15) is 27.7 Å². The molecule has 0 rings (SSSR count). The summed E-state index contributed by atoms with van der Waals surface area (Å²) in [7, 11) is -7.28. The fourth-order valence-corrected chi connectivity index (χ4v) is 3.98. The number of hydrogen-bond donors (Lipinski definition) is 0. The highest BCUT2D eigenvalue weighted by atomic mass is 31.2. The molecular weight excluding hydrogens is 366 g/mol. The predicted octanol–water partition coefficient (Wildman–Crippen LogP) is 2.52. The van der Waals surface area contributed by atoms with Crippen molar-refractivity contribution in [3.05, 3.63) is 0 Å². The van der Waals surface area contributed by atoms with Crippen LogP contribution in [0.3, 0.4) is 0 Å². The zero-order valence-corrected chi connectivity index (χ0v) is 16.0. The van der Waals surface area contributed by atoms with Crippen LogP contribution in [-0.2, 0) is 46.3 Å². The molecule has 12 heteroatoms. The number of carbonyl (C=O) groups is 2. The first-order valence-corrected chi connectivity index (χ1v) is 10.8. The summed E-state index contributed by atoms with van der Waals surface area (Å²) in [6, 6.07) is 0. The Labute approximate surface area is 141 Å². The largest absolute Gasteiger partial charge is 0.444 e. The van der Waals surface area contributed by atoms with Gasteiger partial charge in [-0.05, 0) is 27.7 Å². The van der Waals surface area contributed by atoms with E-state index in [0.29, 0.717) is 0 Å². The summed E-state index contributed by atoms with van der Waals surface area (Å²) in [6.07, 6.45) is -1.48. The Bertz CT molecular complexity index is 428. The second-order valence-electron chi connectivity index (χ2n) is 4.01. The summed E-state index contributed by atoms with van der Waals surface area (Å²) in [5.41, 5.74) is 0. The lowest BCUT2D eigenvalue weighted by Gasteiger charge is -2.17. The van der Waals surface area contributed by atoms with Crippen LogP contribution in [0.4, 0.5) is 0 Å². The van der Waals surface area contributed by atoms with Gasteiger partial charge < -0.3 is 27.6 Å². The Morgan fingerprint density at radius 1 is 0.625 bits per heavy atom. The van der Waals surface area contributed by atoms with E-state index in [1.165, 1.54) is 0 Å². The molecule has 24 heavy (non-hydrogen) atoms. The first-order chi connectivity index (χ1) is 11.3. The molecule has 0 aliphatic rings. The van der Waals surface area contributed by atoms with Gasteiger partial charge in [-0.15, -0.1) is 0 Å². The maximum absolute atomic E-state index is 12.1. The molecule has 0 spiro atoms. The van der Waals surface area contributed by atoms with Gasteiger partial charge in [-0.3, -0.25) is 9.13 Å². The van der Waals surface area contributed by atoms with Crippen LogP contribution < -0.4 is 0 Å². The average molecular weight is 390 g/mol. The molecule has 0 aromatic rings. The van der Waals surface area contributed by atoms with Crippen LogP contribution in [0.5, 0.6) is 0 Å². The smallest absolute Gasteiger partial charge is 0.418 e.